The fourth-order valence-corrected chi connectivity index (χ4v) is 8.18. The van der Waals surface area contributed by atoms with E-state index in [-0.39, 0.29) is 133 Å². The van der Waals surface area contributed by atoms with Crippen molar-refractivity contribution in [1.29, 1.82) is 0 Å². The van der Waals surface area contributed by atoms with Crippen molar-refractivity contribution in [2.24, 2.45) is 17.6 Å². The van der Waals surface area contributed by atoms with E-state index in [4.69, 9.17) is 25.1 Å². The lowest BCUT2D eigenvalue weighted by atomic mass is 9.81. The number of amides is 6. The van der Waals surface area contributed by atoms with Crippen molar-refractivity contribution in [3.8, 4) is 0 Å². The Kier molecular flexibility index (Phi) is 31.5. The summed E-state index contributed by atoms with van der Waals surface area (Å²) in [6.07, 6.45) is 4.10. The summed E-state index contributed by atoms with van der Waals surface area (Å²) in [6.45, 7) is 0.438. The Balaban J connectivity index is 1.58. The molecule has 2 unspecified atom stereocenters. The Bertz CT molecular complexity index is 1910. The maximum atomic E-state index is 13.0. The number of ketones is 3. The van der Waals surface area contributed by atoms with Crippen LogP contribution in [0.4, 0.5) is 0 Å². The van der Waals surface area contributed by atoms with Crippen LogP contribution in [-0.2, 0) is 76.5 Å². The zero-order valence-corrected chi connectivity index (χ0v) is 42.1. The molecule has 74 heavy (non-hydrogen) atoms. The van der Waals surface area contributed by atoms with E-state index < -0.39 is 96.5 Å². The van der Waals surface area contributed by atoms with Crippen LogP contribution in [0.25, 0.3) is 0 Å². The van der Waals surface area contributed by atoms with E-state index >= 15 is 0 Å². The molecular weight excluding hydrogens is 977 g/mol. The SMILES string of the molecule is NC(=O)[C@H](CCCCNC(=O)CCCCCCC(=O)OC1C(=O)CCC1=O)NC(=O)COCCOCCCC(=O)C(CCC(=O)O)NC(=O)CCC(NC(=O)C1CCC(CNC(=O)CCCC(=O)O)CC1)C(=O)O. The molecule has 2 aliphatic rings. The number of Topliss-reactive ketones (excluding diaryl/α,β-unsaturated/α-hetero) is 3. The lowest BCUT2D eigenvalue weighted by Crippen LogP contribution is -2.46. The van der Waals surface area contributed by atoms with Crippen molar-refractivity contribution in [2.45, 2.75) is 178 Å². The molecule has 0 saturated heterocycles. The second-order valence-corrected chi connectivity index (χ2v) is 18.6. The van der Waals surface area contributed by atoms with Gasteiger partial charge in [-0.25, -0.2) is 4.79 Å². The summed E-state index contributed by atoms with van der Waals surface area (Å²) in [7, 11) is 0. The van der Waals surface area contributed by atoms with Gasteiger partial charge in [-0.15, -0.1) is 0 Å². The van der Waals surface area contributed by atoms with Crippen LogP contribution in [0.5, 0.6) is 0 Å². The van der Waals surface area contributed by atoms with Gasteiger partial charge < -0.3 is 61.8 Å². The van der Waals surface area contributed by atoms with Crippen molar-refractivity contribution in [1.82, 2.24) is 26.6 Å². The van der Waals surface area contributed by atoms with Crippen molar-refractivity contribution < 1.29 is 91.9 Å². The first-order chi connectivity index (χ1) is 35.2. The van der Waals surface area contributed by atoms with Crippen LogP contribution in [0.1, 0.15) is 154 Å². The number of esters is 1. The van der Waals surface area contributed by atoms with Crippen LogP contribution >= 0.6 is 0 Å². The molecule has 2 aliphatic carbocycles. The van der Waals surface area contributed by atoms with Crippen LogP contribution in [0.15, 0.2) is 0 Å². The molecule has 2 fully saturated rings. The molecule has 416 valence electrons. The second kappa shape index (κ2) is 36.5. The molecule has 0 aliphatic heterocycles. The number of carbonyl (C=O) groups excluding carboxylic acids is 10. The van der Waals surface area contributed by atoms with Gasteiger partial charge in [-0.3, -0.25) is 57.5 Å². The third-order valence-corrected chi connectivity index (χ3v) is 12.5. The molecule has 3 atom stereocenters. The highest BCUT2D eigenvalue weighted by Crippen LogP contribution is 2.29. The van der Waals surface area contributed by atoms with Gasteiger partial charge in [0.25, 0.3) is 0 Å². The molecule has 0 heterocycles. The topological polar surface area (TPSA) is 396 Å². The van der Waals surface area contributed by atoms with E-state index in [2.05, 4.69) is 26.6 Å². The zero-order chi connectivity index (χ0) is 54.8. The average molecular weight is 1050 g/mol. The highest BCUT2D eigenvalue weighted by atomic mass is 16.6. The number of carboxylic acid groups (broad SMARTS) is 3. The fraction of sp³-hybridized carbons (Fsp3) is 0.735. The maximum Gasteiger partial charge on any atom is 0.326 e. The molecule has 2 rings (SSSR count). The summed E-state index contributed by atoms with van der Waals surface area (Å²) in [6, 6.07) is -3.54. The molecule has 0 bridgehead atoms. The lowest BCUT2D eigenvalue weighted by molar-refractivity contribution is -0.157. The first kappa shape index (κ1) is 63.7. The summed E-state index contributed by atoms with van der Waals surface area (Å²) in [5.74, 6) is -8.64. The summed E-state index contributed by atoms with van der Waals surface area (Å²) in [5.41, 5.74) is 5.46. The Morgan fingerprint density at radius 2 is 1.15 bits per heavy atom. The van der Waals surface area contributed by atoms with Crippen LogP contribution in [0.3, 0.4) is 0 Å². The Labute approximate surface area is 429 Å². The van der Waals surface area contributed by atoms with Crippen molar-refractivity contribution in [3.05, 3.63) is 0 Å². The van der Waals surface area contributed by atoms with Gasteiger partial charge in [-0.05, 0) is 89.4 Å². The number of primary amides is 1. The van der Waals surface area contributed by atoms with Crippen molar-refractivity contribution >= 4 is 76.7 Å². The van der Waals surface area contributed by atoms with Gasteiger partial charge in [-0.2, -0.15) is 0 Å². The Morgan fingerprint density at radius 1 is 0.541 bits per heavy atom. The van der Waals surface area contributed by atoms with Gasteiger partial charge in [0, 0.05) is 83.4 Å². The first-order valence-corrected chi connectivity index (χ1v) is 25.6. The second-order valence-electron chi connectivity index (χ2n) is 18.6. The highest BCUT2D eigenvalue weighted by molar-refractivity contribution is 6.12. The zero-order valence-electron chi connectivity index (χ0n) is 42.1. The van der Waals surface area contributed by atoms with E-state index in [1.165, 1.54) is 0 Å². The van der Waals surface area contributed by atoms with E-state index in [1.54, 1.807) is 0 Å². The number of hydrogen-bond acceptors (Lipinski definition) is 16. The summed E-state index contributed by atoms with van der Waals surface area (Å²) < 4.78 is 15.8. The standard InChI is InChI=1S/C49H76N6O19/c50-47(68)34(9-5-6-25-51-39(59)11-3-1-2-4-14-45(67)74-46-37(57)21-22-38(46)58)54-42(62)30-73-28-27-72-26-8-10-36(56)33(20-24-44(65)66)53-41(61)23-19-35(49(70)71)55-48(69)32-17-15-31(16-18-32)29-52-40(60)12-7-13-43(63)64/h31-35,46H,1-30H2,(H2,50,68)(H,51,59)(H,52,60)(H,53,61)(H,54,62)(H,55,69)(H,63,64)(H,65,66)(H,70,71)/t31?,32?,33?,34-,35?/m0/s1. The quantitative estimate of drug-likeness (QED) is 0.0231. The summed E-state index contributed by atoms with van der Waals surface area (Å²) >= 11 is 0. The molecule has 2 saturated carbocycles. The molecule has 0 aromatic heterocycles. The van der Waals surface area contributed by atoms with E-state index in [0.717, 1.165) is 0 Å². The van der Waals surface area contributed by atoms with Gasteiger partial charge in [-0.1, -0.05) is 12.8 Å². The van der Waals surface area contributed by atoms with Crippen molar-refractivity contribution in [2.75, 3.05) is 39.5 Å². The van der Waals surface area contributed by atoms with Gasteiger partial charge >= 0.3 is 23.9 Å². The number of carboxylic acids is 3. The molecule has 0 aromatic rings. The Morgan fingerprint density at radius 3 is 1.80 bits per heavy atom. The molecule has 6 amide bonds. The van der Waals surface area contributed by atoms with Gasteiger partial charge in [0.1, 0.15) is 18.7 Å². The van der Waals surface area contributed by atoms with Crippen LogP contribution in [-0.4, -0.2) is 156 Å². The van der Waals surface area contributed by atoms with Crippen LogP contribution in [0.2, 0.25) is 0 Å². The predicted octanol–water partition coefficient (Wildman–Crippen LogP) is 0.687. The smallest absolute Gasteiger partial charge is 0.326 e. The van der Waals surface area contributed by atoms with Gasteiger partial charge in [0.2, 0.25) is 41.5 Å². The number of unbranched alkanes of at least 4 members (excludes halogenated alkanes) is 4. The molecule has 25 nitrogen and oxygen atoms in total. The average Bonchev–Trinajstić information content (AvgIpc) is 3.66. The summed E-state index contributed by atoms with van der Waals surface area (Å²) in [5, 5.41) is 40.7. The van der Waals surface area contributed by atoms with E-state index in [0.29, 0.717) is 77.3 Å². The van der Waals surface area contributed by atoms with Crippen molar-refractivity contribution in [3.63, 3.8) is 0 Å². The lowest BCUT2D eigenvalue weighted by Gasteiger charge is -2.28. The third-order valence-electron chi connectivity index (χ3n) is 12.5. The molecule has 0 radical (unpaired) electrons. The minimum absolute atomic E-state index is 0.0132. The molecule has 0 aromatic carbocycles. The highest BCUT2D eigenvalue weighted by Gasteiger charge is 2.36. The number of nitrogens with two attached hydrogens (primary N) is 1. The first-order valence-electron chi connectivity index (χ1n) is 25.6. The number of nitrogens with one attached hydrogen (secondary N) is 5. The van der Waals surface area contributed by atoms with E-state index in [9.17, 15) is 72.5 Å². The maximum absolute atomic E-state index is 13.0. The van der Waals surface area contributed by atoms with E-state index in [1.807, 2.05) is 0 Å². The number of rotatable bonds is 41. The minimum Gasteiger partial charge on any atom is -0.481 e. The minimum atomic E-state index is -1.40. The number of hydrogen-bond donors (Lipinski definition) is 9. The largest absolute Gasteiger partial charge is 0.481 e. The molecule has 0 spiro atoms. The monoisotopic (exact) mass is 1050 g/mol. The van der Waals surface area contributed by atoms with Gasteiger partial charge in [0.15, 0.2) is 17.3 Å². The van der Waals surface area contributed by atoms with Gasteiger partial charge in [0.05, 0.1) is 19.3 Å². The van der Waals surface area contributed by atoms with Crippen LogP contribution < -0.4 is 32.3 Å². The number of ether oxygens (including phenoxy) is 3. The number of aliphatic carboxylic acids is 3. The number of carbonyl (C=O) groups is 13. The Hall–Kier alpha value is -6.37. The fourth-order valence-electron chi connectivity index (χ4n) is 8.18. The predicted molar refractivity (Wildman–Crippen MR) is 258 cm³/mol. The third kappa shape index (κ3) is 28.8. The molecule has 10 N–H and O–H groups in total. The normalized spacial score (nSPS) is 16.8. The molecular formula is C49H76N6O19. The summed E-state index contributed by atoms with van der Waals surface area (Å²) in [4.78, 5) is 156. The van der Waals surface area contributed by atoms with Crippen LogP contribution in [0, 0.1) is 11.8 Å². The molecule has 25 heteroatoms.